The van der Waals surface area contributed by atoms with E-state index in [-0.39, 0.29) is 22.7 Å². The number of halogens is 1. The third-order valence-electron chi connectivity index (χ3n) is 4.04. The maximum atomic E-state index is 12.4. The number of phenolic OH excluding ortho intramolecular Hbond substituents is 1. The molecule has 7 nitrogen and oxygen atoms in total. The van der Waals surface area contributed by atoms with Gasteiger partial charge in [0.2, 0.25) is 0 Å². The maximum Gasteiger partial charge on any atom is 0.328 e. The Balaban J connectivity index is 1.99. The fourth-order valence-corrected chi connectivity index (χ4v) is 3.14. The van der Waals surface area contributed by atoms with E-state index >= 15 is 0 Å². The van der Waals surface area contributed by atoms with Crippen LogP contribution in [-0.4, -0.2) is 23.0 Å². The minimum absolute atomic E-state index is 0.0615. The summed E-state index contributed by atoms with van der Waals surface area (Å²) in [6.45, 7) is 0. The lowest BCUT2D eigenvalue weighted by molar-refractivity contribution is -0.123. The van der Waals surface area contributed by atoms with Crippen molar-refractivity contribution < 1.29 is 23.9 Å². The van der Waals surface area contributed by atoms with Crippen LogP contribution in [0, 0.1) is 0 Å². The van der Waals surface area contributed by atoms with Gasteiger partial charge in [-0.1, -0.05) is 28.1 Å². The van der Waals surface area contributed by atoms with Gasteiger partial charge in [-0.25, -0.2) is 4.79 Å². The first-order valence-electron chi connectivity index (χ1n) is 7.82. The average Bonchev–Trinajstić information content (AvgIpc) is 3.01. The Morgan fingerprint density at radius 3 is 2.26 bits per heavy atom. The van der Waals surface area contributed by atoms with Crippen LogP contribution in [0.2, 0.25) is 0 Å². The highest BCUT2D eigenvalue weighted by Gasteiger charge is 2.33. The highest BCUT2D eigenvalue weighted by Crippen LogP contribution is 2.34. The second-order valence-corrected chi connectivity index (χ2v) is 6.74. The SMILES string of the molecule is O=C1NC(=O)C(=C(c2ccc(Br)cc2)c2cc3cc(O)ccc3o2)C(=O)N1. The van der Waals surface area contributed by atoms with Gasteiger partial charge in [-0.15, -0.1) is 0 Å². The van der Waals surface area contributed by atoms with Crippen molar-refractivity contribution >= 4 is 50.3 Å². The number of urea groups is 1. The molecule has 8 heteroatoms. The molecule has 0 aliphatic carbocycles. The van der Waals surface area contributed by atoms with E-state index in [9.17, 15) is 19.5 Å². The first-order valence-corrected chi connectivity index (χ1v) is 8.61. The predicted octanol–water partition coefficient (Wildman–Crippen LogP) is 3.07. The number of benzene rings is 2. The topological polar surface area (TPSA) is 109 Å². The minimum atomic E-state index is -0.876. The fourth-order valence-electron chi connectivity index (χ4n) is 2.87. The van der Waals surface area contributed by atoms with E-state index in [1.165, 1.54) is 12.1 Å². The van der Waals surface area contributed by atoms with Crippen LogP contribution in [-0.2, 0) is 9.59 Å². The van der Waals surface area contributed by atoms with Crippen molar-refractivity contribution in [2.75, 3.05) is 0 Å². The normalized spacial score (nSPS) is 14.3. The molecular weight excluding hydrogens is 416 g/mol. The number of carbonyl (C=O) groups is 3. The number of imide groups is 2. The molecule has 0 radical (unpaired) electrons. The smallest absolute Gasteiger partial charge is 0.328 e. The summed E-state index contributed by atoms with van der Waals surface area (Å²) in [6, 6.07) is 12.3. The Labute approximate surface area is 160 Å². The number of hydrogen-bond acceptors (Lipinski definition) is 5. The van der Waals surface area contributed by atoms with Gasteiger partial charge in [-0.3, -0.25) is 20.2 Å². The summed E-state index contributed by atoms with van der Waals surface area (Å²) in [4.78, 5) is 36.2. The van der Waals surface area contributed by atoms with Gasteiger partial charge in [-0.05, 0) is 42.0 Å². The van der Waals surface area contributed by atoms with E-state index < -0.39 is 17.8 Å². The van der Waals surface area contributed by atoms with Crippen LogP contribution in [0.3, 0.4) is 0 Å². The van der Waals surface area contributed by atoms with Crippen LogP contribution < -0.4 is 10.6 Å². The molecule has 134 valence electrons. The molecule has 0 spiro atoms. The number of carbonyl (C=O) groups excluding carboxylic acids is 3. The summed E-state index contributed by atoms with van der Waals surface area (Å²) >= 11 is 3.34. The van der Waals surface area contributed by atoms with Crippen molar-refractivity contribution in [3.8, 4) is 5.75 Å². The number of nitrogens with one attached hydrogen (secondary N) is 2. The summed E-state index contributed by atoms with van der Waals surface area (Å²) in [5.41, 5.74) is 1.03. The predicted molar refractivity (Wildman–Crippen MR) is 99.7 cm³/mol. The Morgan fingerprint density at radius 1 is 0.926 bits per heavy atom. The molecule has 2 aromatic carbocycles. The number of amides is 4. The monoisotopic (exact) mass is 426 g/mol. The van der Waals surface area contributed by atoms with Crippen LogP contribution in [0.4, 0.5) is 4.79 Å². The molecule has 1 aromatic heterocycles. The Bertz CT molecular complexity index is 1120. The highest BCUT2D eigenvalue weighted by atomic mass is 79.9. The molecule has 1 fully saturated rings. The van der Waals surface area contributed by atoms with Crippen molar-refractivity contribution in [3.05, 3.63) is 69.9 Å². The number of phenols is 1. The second kappa shape index (κ2) is 6.40. The Morgan fingerprint density at radius 2 is 1.59 bits per heavy atom. The zero-order valence-electron chi connectivity index (χ0n) is 13.6. The fraction of sp³-hybridized carbons (Fsp3) is 0. The van der Waals surface area contributed by atoms with Gasteiger partial charge in [0.25, 0.3) is 11.8 Å². The first-order chi connectivity index (χ1) is 12.9. The lowest BCUT2D eigenvalue weighted by Gasteiger charge is -2.17. The second-order valence-electron chi connectivity index (χ2n) is 5.83. The number of fused-ring (bicyclic) bond motifs is 1. The number of rotatable bonds is 2. The number of hydrogen-bond donors (Lipinski definition) is 3. The van der Waals surface area contributed by atoms with E-state index in [2.05, 4.69) is 26.6 Å². The number of furan rings is 1. The molecule has 0 saturated carbocycles. The summed E-state index contributed by atoms with van der Waals surface area (Å²) in [7, 11) is 0. The maximum absolute atomic E-state index is 12.4. The van der Waals surface area contributed by atoms with Crippen molar-refractivity contribution in [1.82, 2.24) is 10.6 Å². The molecule has 0 atom stereocenters. The highest BCUT2D eigenvalue weighted by molar-refractivity contribution is 9.10. The van der Waals surface area contributed by atoms with Gasteiger partial charge in [0.1, 0.15) is 22.7 Å². The molecule has 1 aliphatic rings. The van der Waals surface area contributed by atoms with Crippen LogP contribution in [0.25, 0.3) is 16.5 Å². The number of barbiturate groups is 1. The molecule has 0 unspecified atom stereocenters. The minimum Gasteiger partial charge on any atom is -0.508 e. The lowest BCUT2D eigenvalue weighted by atomic mass is 9.95. The summed E-state index contributed by atoms with van der Waals surface area (Å²) in [5, 5.41) is 14.4. The third kappa shape index (κ3) is 3.11. The van der Waals surface area contributed by atoms with Gasteiger partial charge in [0.15, 0.2) is 0 Å². The zero-order valence-corrected chi connectivity index (χ0v) is 15.2. The third-order valence-corrected chi connectivity index (χ3v) is 4.57. The zero-order chi connectivity index (χ0) is 19.1. The molecule has 4 amide bonds. The molecule has 4 rings (SSSR count). The van der Waals surface area contributed by atoms with Gasteiger partial charge in [0.05, 0.1) is 0 Å². The van der Waals surface area contributed by atoms with Crippen molar-refractivity contribution in [3.63, 3.8) is 0 Å². The first kappa shape index (κ1) is 17.0. The standard InChI is InChI=1S/C19H11BrN2O5/c20-11-3-1-9(2-4-11)15(16-17(24)21-19(26)22-18(16)25)14-8-10-7-12(23)5-6-13(10)27-14/h1-8,23H,(H2,21,22,24,25,26). The average molecular weight is 427 g/mol. The quantitative estimate of drug-likeness (QED) is 0.430. The van der Waals surface area contributed by atoms with Crippen LogP contribution in [0.5, 0.6) is 5.75 Å². The summed E-state index contributed by atoms with van der Waals surface area (Å²) in [5.74, 6) is -1.31. The van der Waals surface area contributed by atoms with Crippen LogP contribution in [0.1, 0.15) is 11.3 Å². The molecule has 3 N–H and O–H groups in total. The van der Waals surface area contributed by atoms with Gasteiger partial charge in [-0.2, -0.15) is 0 Å². The van der Waals surface area contributed by atoms with Gasteiger partial charge >= 0.3 is 6.03 Å². The van der Waals surface area contributed by atoms with Gasteiger partial charge < -0.3 is 9.52 Å². The van der Waals surface area contributed by atoms with E-state index in [1.54, 1.807) is 36.4 Å². The van der Waals surface area contributed by atoms with Crippen LogP contribution >= 0.6 is 15.9 Å². The molecule has 0 bridgehead atoms. The van der Waals surface area contributed by atoms with E-state index in [0.717, 1.165) is 4.47 Å². The van der Waals surface area contributed by atoms with Crippen molar-refractivity contribution in [2.24, 2.45) is 0 Å². The summed E-state index contributed by atoms with van der Waals surface area (Å²) < 4.78 is 6.64. The van der Waals surface area contributed by atoms with Crippen LogP contribution in [0.15, 0.2) is 63.0 Å². The van der Waals surface area contributed by atoms with Crippen molar-refractivity contribution in [1.29, 1.82) is 0 Å². The largest absolute Gasteiger partial charge is 0.508 e. The molecule has 1 saturated heterocycles. The van der Waals surface area contributed by atoms with E-state index in [1.807, 2.05) is 0 Å². The van der Waals surface area contributed by atoms with Crippen molar-refractivity contribution in [2.45, 2.75) is 0 Å². The number of aromatic hydroxyl groups is 1. The van der Waals surface area contributed by atoms with Gasteiger partial charge in [0, 0.05) is 15.4 Å². The molecular formula is C19H11BrN2O5. The van der Waals surface area contributed by atoms with E-state index in [0.29, 0.717) is 16.5 Å². The van der Waals surface area contributed by atoms with E-state index in [4.69, 9.17) is 4.42 Å². The lowest BCUT2D eigenvalue weighted by Crippen LogP contribution is -2.51. The molecule has 1 aliphatic heterocycles. The molecule has 3 aromatic rings. The Kier molecular flexibility index (Phi) is 4.04. The molecule has 2 heterocycles. The summed E-state index contributed by atoms with van der Waals surface area (Å²) in [6.07, 6.45) is 0. The molecule has 27 heavy (non-hydrogen) atoms. The Hall–Kier alpha value is -3.39.